The molecule has 0 aromatic carbocycles. The minimum absolute atomic E-state index is 0.497. The highest BCUT2D eigenvalue weighted by Crippen LogP contribution is 2.45. The second kappa shape index (κ2) is 31.1. The van der Waals surface area contributed by atoms with Crippen LogP contribution in [-0.4, -0.2) is 5.16 Å². The summed E-state index contributed by atoms with van der Waals surface area (Å²) in [5.74, 6) is 0. The Balaban J connectivity index is 3.12. The average Bonchev–Trinajstić information content (AvgIpc) is 2.95. The van der Waals surface area contributed by atoms with Crippen molar-refractivity contribution in [3.63, 3.8) is 0 Å². The van der Waals surface area contributed by atoms with Crippen LogP contribution in [0.2, 0.25) is 0 Å². The molecule has 0 aromatic rings. The van der Waals surface area contributed by atoms with Gasteiger partial charge in [0, 0.05) is 0 Å². The van der Waals surface area contributed by atoms with E-state index in [0.717, 1.165) is 19.3 Å². The highest BCUT2D eigenvalue weighted by molar-refractivity contribution is 7.50. The Morgan fingerprint density at radius 3 is 0.690 bits per heavy atom. The van der Waals surface area contributed by atoms with Crippen LogP contribution in [-0.2, 0) is 4.57 Å². The topological polar surface area (TPSA) is 63.2 Å². The van der Waals surface area contributed by atoms with Gasteiger partial charge in [-0.3, -0.25) is 0 Å². The maximum absolute atomic E-state index is 11.2. The first-order chi connectivity index (χ1) is 20.3. The Kier molecular flexibility index (Phi) is 31.3. The standard InChI is InChI=1S/C38H79O3P/c1-4-5-6-7-8-9-10-11-12-13-14-15-16-17-18-19-20-21-22-23-24-25-26-27-28-29-30-31-32-33-34-35-36-37-38(2,3)42(39,40)41/h4-37H2,1-3H3,(H2,39,40,41)/p-2. The molecule has 0 radical (unpaired) electrons. The molecule has 0 atom stereocenters. The molecule has 0 aliphatic rings. The van der Waals surface area contributed by atoms with E-state index in [4.69, 9.17) is 0 Å². The first-order valence-corrected chi connectivity index (χ1v) is 20.9. The van der Waals surface area contributed by atoms with Gasteiger partial charge in [-0.2, -0.15) is 0 Å². The molecule has 254 valence electrons. The summed E-state index contributed by atoms with van der Waals surface area (Å²) in [5.41, 5.74) is 0. The zero-order valence-corrected chi connectivity index (χ0v) is 30.1. The second-order valence-corrected chi connectivity index (χ2v) is 16.6. The number of hydrogen-bond donors (Lipinski definition) is 0. The summed E-state index contributed by atoms with van der Waals surface area (Å²) in [6.07, 6.45) is 46.5. The summed E-state index contributed by atoms with van der Waals surface area (Å²) in [7, 11) is -4.47. The average molecular weight is 613 g/mol. The molecule has 0 spiro atoms. The predicted octanol–water partition coefficient (Wildman–Crippen LogP) is 13.0. The van der Waals surface area contributed by atoms with Crippen molar-refractivity contribution in [2.75, 3.05) is 0 Å². The second-order valence-electron chi connectivity index (χ2n) is 14.4. The Morgan fingerprint density at radius 1 is 0.357 bits per heavy atom. The highest BCUT2D eigenvalue weighted by Gasteiger charge is 2.21. The molecule has 0 unspecified atom stereocenters. The van der Waals surface area contributed by atoms with Gasteiger partial charge in [-0.1, -0.05) is 240 Å². The van der Waals surface area contributed by atoms with Crippen LogP contribution in [0.3, 0.4) is 0 Å². The monoisotopic (exact) mass is 613 g/mol. The van der Waals surface area contributed by atoms with E-state index in [1.165, 1.54) is 193 Å². The van der Waals surface area contributed by atoms with Crippen molar-refractivity contribution in [1.82, 2.24) is 0 Å². The van der Waals surface area contributed by atoms with E-state index in [-0.39, 0.29) is 0 Å². The molecule has 0 saturated carbocycles. The zero-order valence-electron chi connectivity index (χ0n) is 29.2. The smallest absolute Gasteiger partial charge is 0.00761 e. The summed E-state index contributed by atoms with van der Waals surface area (Å²) in [4.78, 5) is 22.5. The molecule has 0 aliphatic carbocycles. The third-order valence-corrected chi connectivity index (χ3v) is 11.3. The lowest BCUT2D eigenvalue weighted by Gasteiger charge is -2.45. The van der Waals surface area contributed by atoms with Gasteiger partial charge in [0.25, 0.3) is 0 Å². The lowest BCUT2D eigenvalue weighted by molar-refractivity contribution is -0.320. The molecule has 0 amide bonds. The van der Waals surface area contributed by atoms with Crippen molar-refractivity contribution in [2.24, 2.45) is 0 Å². The zero-order chi connectivity index (χ0) is 31.0. The molecule has 0 rings (SSSR count). The largest absolute Gasteiger partial charge is 0.810 e. The van der Waals surface area contributed by atoms with Crippen LogP contribution >= 0.6 is 7.60 Å². The van der Waals surface area contributed by atoms with Crippen molar-refractivity contribution in [3.8, 4) is 0 Å². The normalized spacial score (nSPS) is 12.4. The molecule has 42 heavy (non-hydrogen) atoms. The summed E-state index contributed by atoms with van der Waals surface area (Å²) >= 11 is 0. The number of rotatable bonds is 35. The molecule has 0 aliphatic heterocycles. The van der Waals surface area contributed by atoms with Crippen LogP contribution in [0.15, 0.2) is 0 Å². The van der Waals surface area contributed by atoms with Gasteiger partial charge in [0.1, 0.15) is 0 Å². The Labute approximate surface area is 265 Å². The lowest BCUT2D eigenvalue weighted by atomic mass is 10.0. The summed E-state index contributed by atoms with van der Waals surface area (Å²) < 4.78 is 11.2. The first-order valence-electron chi connectivity index (χ1n) is 19.3. The fraction of sp³-hybridized carbons (Fsp3) is 1.00. The van der Waals surface area contributed by atoms with E-state index >= 15 is 0 Å². The van der Waals surface area contributed by atoms with E-state index in [9.17, 15) is 14.4 Å². The molecule has 0 N–H and O–H groups in total. The maximum Gasteiger partial charge on any atom is -0.00761 e. The van der Waals surface area contributed by atoms with Crippen molar-refractivity contribution in [2.45, 2.75) is 244 Å². The van der Waals surface area contributed by atoms with E-state index < -0.39 is 12.8 Å². The molecule has 0 bridgehead atoms. The van der Waals surface area contributed by atoms with Gasteiger partial charge >= 0.3 is 0 Å². The van der Waals surface area contributed by atoms with Gasteiger partial charge < -0.3 is 14.4 Å². The highest BCUT2D eigenvalue weighted by atomic mass is 31.2. The van der Waals surface area contributed by atoms with Gasteiger partial charge in [0.05, 0.1) is 0 Å². The molecule has 3 nitrogen and oxygen atoms in total. The van der Waals surface area contributed by atoms with Crippen molar-refractivity contribution in [1.29, 1.82) is 0 Å². The van der Waals surface area contributed by atoms with Crippen molar-refractivity contribution < 1.29 is 14.4 Å². The Morgan fingerprint density at radius 2 is 0.524 bits per heavy atom. The van der Waals surface area contributed by atoms with E-state index in [1.807, 2.05) is 0 Å². The van der Waals surface area contributed by atoms with E-state index in [0.29, 0.717) is 6.42 Å². The SMILES string of the molecule is CCCCCCCCCCCCCCCCCCCCCCCCCCCCCCCCCCCC(C)(C)P(=O)([O-])[O-]. The molecule has 0 aromatic heterocycles. The summed E-state index contributed by atoms with van der Waals surface area (Å²) in [5, 5.41) is -1.09. The molecule has 4 heteroatoms. The summed E-state index contributed by atoms with van der Waals surface area (Å²) in [6.45, 7) is 5.43. The van der Waals surface area contributed by atoms with Gasteiger partial charge in [0.2, 0.25) is 0 Å². The number of hydrogen-bond acceptors (Lipinski definition) is 3. The Hall–Kier alpha value is 0.150. The van der Waals surface area contributed by atoms with Crippen LogP contribution in [0.1, 0.15) is 239 Å². The predicted molar refractivity (Wildman–Crippen MR) is 184 cm³/mol. The minimum Gasteiger partial charge on any atom is -0.810 e. The fourth-order valence-corrected chi connectivity index (χ4v) is 6.68. The number of unbranched alkanes of at least 4 members (excludes halogenated alkanes) is 32. The van der Waals surface area contributed by atoms with E-state index in [1.54, 1.807) is 13.8 Å². The maximum atomic E-state index is 11.2. The first kappa shape index (κ1) is 42.1. The lowest BCUT2D eigenvalue weighted by Crippen LogP contribution is -2.33. The minimum atomic E-state index is -4.47. The van der Waals surface area contributed by atoms with Crippen LogP contribution < -0.4 is 9.79 Å². The van der Waals surface area contributed by atoms with Gasteiger partial charge in [-0.25, -0.2) is 0 Å². The third-order valence-electron chi connectivity index (χ3n) is 9.63. The summed E-state index contributed by atoms with van der Waals surface area (Å²) in [6, 6.07) is 0. The van der Waals surface area contributed by atoms with Crippen molar-refractivity contribution >= 4 is 7.60 Å². The Bertz CT molecular complexity index is 571. The molecule has 0 heterocycles. The quantitative estimate of drug-likeness (QED) is 0.0528. The molecular formula is C38H77O3P-2. The van der Waals surface area contributed by atoms with Gasteiger partial charge in [-0.15, -0.1) is 0 Å². The van der Waals surface area contributed by atoms with Crippen molar-refractivity contribution in [3.05, 3.63) is 0 Å². The van der Waals surface area contributed by atoms with Crippen LogP contribution in [0.4, 0.5) is 0 Å². The third kappa shape index (κ3) is 30.2. The molecule has 0 fully saturated rings. The van der Waals surface area contributed by atoms with Gasteiger partial charge in [0.15, 0.2) is 0 Å². The molecule has 0 saturated heterocycles. The molecular weight excluding hydrogens is 535 g/mol. The van der Waals surface area contributed by atoms with Crippen LogP contribution in [0.5, 0.6) is 0 Å². The van der Waals surface area contributed by atoms with E-state index in [2.05, 4.69) is 6.92 Å². The fourth-order valence-electron chi connectivity index (χ4n) is 6.25. The van der Waals surface area contributed by atoms with Crippen LogP contribution in [0, 0.1) is 0 Å². The van der Waals surface area contributed by atoms with Gasteiger partial charge in [-0.05, 0) is 11.6 Å². The van der Waals surface area contributed by atoms with Crippen LogP contribution in [0.25, 0.3) is 0 Å².